The molecule has 2 nitrogen and oxygen atoms in total. The highest BCUT2D eigenvalue weighted by Crippen LogP contribution is 2.14. The van der Waals surface area contributed by atoms with Crippen molar-refractivity contribution in [3.63, 3.8) is 0 Å². The Morgan fingerprint density at radius 1 is 1.15 bits per heavy atom. The van der Waals surface area contributed by atoms with Gasteiger partial charge in [-0.2, -0.15) is 0 Å². The quantitative estimate of drug-likeness (QED) is 0.752. The Labute approximate surface area is 126 Å². The minimum atomic E-state index is 0.616. The molecular formula is C17H24N2S. The van der Waals surface area contributed by atoms with Gasteiger partial charge in [0.1, 0.15) is 0 Å². The summed E-state index contributed by atoms with van der Waals surface area (Å²) in [5.74, 6) is 0. The Kier molecular flexibility index (Phi) is 6.75. The molecule has 2 rings (SSSR count). The molecule has 2 aromatic rings. The van der Waals surface area contributed by atoms with Crippen molar-refractivity contribution in [2.75, 3.05) is 6.54 Å². The van der Waals surface area contributed by atoms with Crippen LogP contribution in [0.15, 0.2) is 42.0 Å². The zero-order chi connectivity index (χ0) is 14.0. The molecule has 0 radical (unpaired) electrons. The van der Waals surface area contributed by atoms with Crippen molar-refractivity contribution in [1.29, 1.82) is 0 Å². The number of aromatic nitrogens is 1. The van der Waals surface area contributed by atoms with Crippen LogP contribution in [0.25, 0.3) is 0 Å². The van der Waals surface area contributed by atoms with Crippen LogP contribution in [0.5, 0.6) is 0 Å². The molecular weight excluding hydrogens is 264 g/mol. The van der Waals surface area contributed by atoms with Crippen molar-refractivity contribution in [2.45, 2.75) is 45.1 Å². The molecule has 0 aliphatic heterocycles. The Morgan fingerprint density at radius 2 is 1.95 bits per heavy atom. The molecule has 2 heterocycles. The largest absolute Gasteiger partial charge is 0.314 e. The third kappa shape index (κ3) is 5.43. The third-order valence-electron chi connectivity index (χ3n) is 3.53. The van der Waals surface area contributed by atoms with E-state index in [1.54, 1.807) is 0 Å². The number of nitrogens with one attached hydrogen (secondary N) is 1. The Balaban J connectivity index is 1.80. The highest BCUT2D eigenvalue weighted by atomic mass is 32.1. The molecule has 3 heteroatoms. The van der Waals surface area contributed by atoms with Crippen LogP contribution in [0.4, 0.5) is 0 Å². The van der Waals surface area contributed by atoms with Crippen LogP contribution >= 0.6 is 11.3 Å². The smallest absolute Gasteiger partial charge is 0.0270 e. The van der Waals surface area contributed by atoms with Crippen molar-refractivity contribution in [3.8, 4) is 0 Å². The minimum absolute atomic E-state index is 0.616. The van der Waals surface area contributed by atoms with Gasteiger partial charge in [0.25, 0.3) is 0 Å². The standard InChI is InChI=1S/C17H24N2S/c1-2-11-19-16(7-8-17-4-3-14-20-17)6-5-15-9-12-18-13-10-15/h3-4,9-10,12-14,16,19H,2,5-8,11H2,1H3. The van der Waals surface area contributed by atoms with E-state index in [9.17, 15) is 0 Å². The van der Waals surface area contributed by atoms with E-state index in [-0.39, 0.29) is 0 Å². The van der Waals surface area contributed by atoms with E-state index in [1.807, 2.05) is 23.7 Å². The van der Waals surface area contributed by atoms with E-state index in [2.05, 4.69) is 46.9 Å². The molecule has 0 spiro atoms. The van der Waals surface area contributed by atoms with Crippen molar-refractivity contribution in [1.82, 2.24) is 10.3 Å². The summed E-state index contributed by atoms with van der Waals surface area (Å²) < 4.78 is 0. The zero-order valence-corrected chi connectivity index (χ0v) is 13.0. The lowest BCUT2D eigenvalue weighted by Crippen LogP contribution is -2.30. The van der Waals surface area contributed by atoms with Gasteiger partial charge in [-0.1, -0.05) is 13.0 Å². The van der Waals surface area contributed by atoms with Crippen LogP contribution in [0.2, 0.25) is 0 Å². The molecule has 0 saturated heterocycles. The zero-order valence-electron chi connectivity index (χ0n) is 12.2. The van der Waals surface area contributed by atoms with Gasteiger partial charge in [0.15, 0.2) is 0 Å². The molecule has 0 fully saturated rings. The number of aryl methyl sites for hydroxylation is 2. The second-order valence-electron chi connectivity index (χ2n) is 5.16. The Hall–Kier alpha value is -1.19. The number of pyridine rings is 1. The second kappa shape index (κ2) is 8.88. The summed E-state index contributed by atoms with van der Waals surface area (Å²) in [6.45, 7) is 3.34. The lowest BCUT2D eigenvalue weighted by Gasteiger charge is -2.18. The topological polar surface area (TPSA) is 24.9 Å². The molecule has 20 heavy (non-hydrogen) atoms. The van der Waals surface area contributed by atoms with Gasteiger partial charge in [0.2, 0.25) is 0 Å². The van der Waals surface area contributed by atoms with Gasteiger partial charge in [-0.05, 0) is 67.8 Å². The fourth-order valence-electron chi connectivity index (χ4n) is 2.36. The maximum Gasteiger partial charge on any atom is 0.0270 e. The molecule has 1 atom stereocenters. The highest BCUT2D eigenvalue weighted by Gasteiger charge is 2.08. The third-order valence-corrected chi connectivity index (χ3v) is 4.47. The Morgan fingerprint density at radius 3 is 2.65 bits per heavy atom. The van der Waals surface area contributed by atoms with Crippen molar-refractivity contribution in [2.24, 2.45) is 0 Å². The van der Waals surface area contributed by atoms with Crippen LogP contribution < -0.4 is 5.32 Å². The fourth-order valence-corrected chi connectivity index (χ4v) is 3.08. The first-order chi connectivity index (χ1) is 9.88. The summed E-state index contributed by atoms with van der Waals surface area (Å²) in [6.07, 6.45) is 9.72. The highest BCUT2D eigenvalue weighted by molar-refractivity contribution is 7.09. The normalized spacial score (nSPS) is 12.4. The molecule has 1 unspecified atom stereocenters. The van der Waals surface area contributed by atoms with Gasteiger partial charge in [-0.25, -0.2) is 0 Å². The molecule has 0 amide bonds. The van der Waals surface area contributed by atoms with Gasteiger partial charge in [-0.15, -0.1) is 11.3 Å². The summed E-state index contributed by atoms with van der Waals surface area (Å²) in [5.41, 5.74) is 1.39. The van der Waals surface area contributed by atoms with Gasteiger partial charge in [-0.3, -0.25) is 4.98 Å². The molecule has 1 N–H and O–H groups in total. The van der Waals surface area contributed by atoms with Crippen molar-refractivity contribution >= 4 is 11.3 Å². The lowest BCUT2D eigenvalue weighted by molar-refractivity contribution is 0.454. The average molecular weight is 288 g/mol. The molecule has 0 saturated carbocycles. The number of thiophene rings is 1. The van der Waals surface area contributed by atoms with Crippen LogP contribution in [0.3, 0.4) is 0 Å². The van der Waals surface area contributed by atoms with Gasteiger partial charge < -0.3 is 5.32 Å². The first-order valence-corrected chi connectivity index (χ1v) is 8.41. The molecule has 0 aliphatic carbocycles. The minimum Gasteiger partial charge on any atom is -0.314 e. The lowest BCUT2D eigenvalue weighted by atomic mass is 10.0. The molecule has 2 aromatic heterocycles. The second-order valence-corrected chi connectivity index (χ2v) is 6.20. The van der Waals surface area contributed by atoms with Crippen LogP contribution in [-0.2, 0) is 12.8 Å². The van der Waals surface area contributed by atoms with Crippen LogP contribution in [0, 0.1) is 0 Å². The van der Waals surface area contributed by atoms with Gasteiger partial charge >= 0.3 is 0 Å². The van der Waals surface area contributed by atoms with Crippen LogP contribution in [-0.4, -0.2) is 17.6 Å². The fraction of sp³-hybridized carbons (Fsp3) is 0.471. The maximum absolute atomic E-state index is 4.08. The SMILES string of the molecule is CCCNC(CCc1ccncc1)CCc1cccs1. The number of nitrogens with zero attached hydrogens (tertiary/aromatic N) is 1. The van der Waals surface area contributed by atoms with E-state index in [4.69, 9.17) is 0 Å². The number of hydrogen-bond acceptors (Lipinski definition) is 3. The first-order valence-electron chi connectivity index (χ1n) is 7.53. The molecule has 0 aliphatic rings. The van der Waals surface area contributed by atoms with E-state index in [0.29, 0.717) is 6.04 Å². The summed E-state index contributed by atoms with van der Waals surface area (Å²) in [5, 5.41) is 5.86. The summed E-state index contributed by atoms with van der Waals surface area (Å²) in [7, 11) is 0. The number of hydrogen-bond donors (Lipinski definition) is 1. The summed E-state index contributed by atoms with van der Waals surface area (Å²) >= 11 is 1.87. The summed E-state index contributed by atoms with van der Waals surface area (Å²) in [6, 6.07) is 9.24. The van der Waals surface area contributed by atoms with Gasteiger partial charge in [0, 0.05) is 23.3 Å². The van der Waals surface area contributed by atoms with Crippen molar-refractivity contribution in [3.05, 3.63) is 52.5 Å². The Bertz CT molecular complexity index is 453. The summed E-state index contributed by atoms with van der Waals surface area (Å²) in [4.78, 5) is 5.58. The molecule has 0 aromatic carbocycles. The number of rotatable bonds is 9. The molecule has 108 valence electrons. The predicted molar refractivity (Wildman–Crippen MR) is 87.3 cm³/mol. The average Bonchev–Trinajstić information content (AvgIpc) is 3.01. The van der Waals surface area contributed by atoms with E-state index in [0.717, 1.165) is 13.0 Å². The van der Waals surface area contributed by atoms with E-state index < -0.39 is 0 Å². The maximum atomic E-state index is 4.08. The van der Waals surface area contributed by atoms with E-state index in [1.165, 1.54) is 36.1 Å². The first kappa shape index (κ1) is 15.2. The molecule has 0 bridgehead atoms. The van der Waals surface area contributed by atoms with Gasteiger partial charge in [0.05, 0.1) is 0 Å². The van der Waals surface area contributed by atoms with E-state index >= 15 is 0 Å². The predicted octanol–water partition coefficient (Wildman–Crippen LogP) is 4.08. The van der Waals surface area contributed by atoms with Crippen molar-refractivity contribution < 1.29 is 0 Å². The van der Waals surface area contributed by atoms with Crippen LogP contribution in [0.1, 0.15) is 36.6 Å². The monoisotopic (exact) mass is 288 g/mol.